The fourth-order valence-electron chi connectivity index (χ4n) is 3.45. The highest BCUT2D eigenvalue weighted by Crippen LogP contribution is 2.30. The molecule has 1 fully saturated rings. The van der Waals surface area contributed by atoms with Crippen LogP contribution in [-0.4, -0.2) is 50.9 Å². The standard InChI is InChI=1S/C18H29N3O3S.ClH/c1-12-9-13(2)17(14(3)10-12)25(23,24)21-8-6-7-16(21)18(22)20-11-15(4)19-5;/h9-10,15-16,19H,6-8,11H2,1-5H3,(H,20,22);1H. The van der Waals surface area contributed by atoms with Gasteiger partial charge >= 0.3 is 0 Å². The number of halogens is 1. The second kappa shape index (κ2) is 9.17. The van der Waals surface area contributed by atoms with Gasteiger partial charge in [-0.15, -0.1) is 12.4 Å². The van der Waals surface area contributed by atoms with Gasteiger partial charge in [0.15, 0.2) is 0 Å². The number of carbonyl (C=O) groups is 1. The number of aryl methyl sites for hydroxylation is 3. The van der Waals surface area contributed by atoms with Crippen LogP contribution < -0.4 is 10.6 Å². The van der Waals surface area contributed by atoms with Crippen LogP contribution >= 0.6 is 12.4 Å². The summed E-state index contributed by atoms with van der Waals surface area (Å²) in [5.74, 6) is -0.217. The zero-order chi connectivity index (χ0) is 18.8. The lowest BCUT2D eigenvalue weighted by molar-refractivity contribution is -0.124. The van der Waals surface area contributed by atoms with E-state index in [0.717, 1.165) is 16.7 Å². The van der Waals surface area contributed by atoms with E-state index in [4.69, 9.17) is 0 Å². The third kappa shape index (κ3) is 4.76. The molecule has 0 aromatic heterocycles. The predicted octanol–water partition coefficient (Wildman–Crippen LogP) is 1.91. The fraction of sp³-hybridized carbons (Fsp3) is 0.611. The third-order valence-electron chi connectivity index (χ3n) is 4.75. The minimum absolute atomic E-state index is 0. The number of amides is 1. The Morgan fingerprint density at radius 3 is 2.38 bits per heavy atom. The lowest BCUT2D eigenvalue weighted by Gasteiger charge is -2.25. The Labute approximate surface area is 163 Å². The Bertz CT molecular complexity index is 729. The van der Waals surface area contributed by atoms with Crippen LogP contribution in [0.3, 0.4) is 0 Å². The summed E-state index contributed by atoms with van der Waals surface area (Å²) >= 11 is 0. The molecule has 2 atom stereocenters. The number of rotatable bonds is 6. The Kier molecular flexibility index (Phi) is 8.07. The first kappa shape index (κ1) is 22.9. The second-order valence-electron chi connectivity index (χ2n) is 6.94. The van der Waals surface area contributed by atoms with E-state index >= 15 is 0 Å². The molecule has 0 aliphatic carbocycles. The number of nitrogens with zero attached hydrogens (tertiary/aromatic N) is 1. The van der Waals surface area contributed by atoms with Gasteiger partial charge in [-0.2, -0.15) is 4.31 Å². The van der Waals surface area contributed by atoms with Crippen LogP contribution in [0.2, 0.25) is 0 Å². The summed E-state index contributed by atoms with van der Waals surface area (Å²) in [6.45, 7) is 8.39. The van der Waals surface area contributed by atoms with Crippen molar-refractivity contribution in [1.82, 2.24) is 14.9 Å². The Morgan fingerprint density at radius 2 is 1.85 bits per heavy atom. The van der Waals surface area contributed by atoms with Crippen molar-refractivity contribution in [2.75, 3.05) is 20.1 Å². The molecule has 2 unspecified atom stereocenters. The zero-order valence-corrected chi connectivity index (χ0v) is 17.8. The van der Waals surface area contributed by atoms with E-state index < -0.39 is 16.1 Å². The molecule has 0 saturated carbocycles. The minimum Gasteiger partial charge on any atom is -0.353 e. The zero-order valence-electron chi connectivity index (χ0n) is 16.1. The lowest BCUT2D eigenvalue weighted by Crippen LogP contribution is -2.48. The summed E-state index contributed by atoms with van der Waals surface area (Å²) in [6.07, 6.45) is 1.26. The van der Waals surface area contributed by atoms with Crippen molar-refractivity contribution >= 4 is 28.3 Å². The molecule has 1 aliphatic heterocycles. The molecule has 148 valence electrons. The molecule has 2 rings (SSSR count). The van der Waals surface area contributed by atoms with Gasteiger partial charge in [-0.3, -0.25) is 4.79 Å². The van der Waals surface area contributed by atoms with E-state index in [1.54, 1.807) is 0 Å². The Balaban J connectivity index is 0.00000338. The highest BCUT2D eigenvalue weighted by atomic mass is 35.5. The van der Waals surface area contributed by atoms with E-state index in [1.165, 1.54) is 4.31 Å². The van der Waals surface area contributed by atoms with Gasteiger partial charge in [0.25, 0.3) is 0 Å². The van der Waals surface area contributed by atoms with Gasteiger partial charge in [-0.1, -0.05) is 17.7 Å². The van der Waals surface area contributed by atoms with Crippen LogP contribution in [0.4, 0.5) is 0 Å². The number of likely N-dealkylation sites (N-methyl/N-ethyl adjacent to an activating group) is 1. The highest BCUT2D eigenvalue weighted by Gasteiger charge is 2.40. The van der Waals surface area contributed by atoms with Crippen LogP contribution in [0.5, 0.6) is 0 Å². The van der Waals surface area contributed by atoms with E-state index in [0.29, 0.717) is 30.8 Å². The van der Waals surface area contributed by atoms with Gasteiger partial charge in [0.1, 0.15) is 6.04 Å². The molecule has 26 heavy (non-hydrogen) atoms. The first-order valence-electron chi connectivity index (χ1n) is 8.73. The van der Waals surface area contributed by atoms with Crippen LogP contribution in [0, 0.1) is 20.8 Å². The first-order valence-corrected chi connectivity index (χ1v) is 10.2. The number of carbonyl (C=O) groups excluding carboxylic acids is 1. The molecule has 1 amide bonds. The Hall–Kier alpha value is -1.15. The third-order valence-corrected chi connectivity index (χ3v) is 6.97. The fourth-order valence-corrected chi connectivity index (χ4v) is 5.53. The molecule has 2 N–H and O–H groups in total. The molecule has 8 heteroatoms. The van der Waals surface area contributed by atoms with Crippen molar-refractivity contribution in [3.63, 3.8) is 0 Å². The summed E-state index contributed by atoms with van der Waals surface area (Å²) in [6, 6.07) is 3.25. The number of hydrogen-bond acceptors (Lipinski definition) is 4. The monoisotopic (exact) mass is 403 g/mol. The first-order chi connectivity index (χ1) is 11.7. The number of nitrogens with one attached hydrogen (secondary N) is 2. The maximum absolute atomic E-state index is 13.2. The molecule has 1 aliphatic rings. The van der Waals surface area contributed by atoms with Crippen LogP contribution in [0.15, 0.2) is 17.0 Å². The van der Waals surface area contributed by atoms with Gasteiger partial charge in [0.2, 0.25) is 15.9 Å². The van der Waals surface area contributed by atoms with Gasteiger partial charge in [-0.25, -0.2) is 8.42 Å². The van der Waals surface area contributed by atoms with E-state index in [1.807, 2.05) is 46.9 Å². The summed E-state index contributed by atoms with van der Waals surface area (Å²) < 4.78 is 27.8. The van der Waals surface area contributed by atoms with Crippen molar-refractivity contribution in [3.05, 3.63) is 28.8 Å². The minimum atomic E-state index is -3.70. The molecule has 0 spiro atoms. The normalized spacial score (nSPS) is 19.0. The van der Waals surface area contributed by atoms with Gasteiger partial charge in [0, 0.05) is 19.1 Å². The molecule has 1 aromatic rings. The molecule has 0 bridgehead atoms. The summed E-state index contributed by atoms with van der Waals surface area (Å²) in [7, 11) is -1.87. The smallest absolute Gasteiger partial charge is 0.244 e. The van der Waals surface area contributed by atoms with Gasteiger partial charge < -0.3 is 10.6 Å². The van der Waals surface area contributed by atoms with Crippen molar-refractivity contribution in [2.24, 2.45) is 0 Å². The summed E-state index contributed by atoms with van der Waals surface area (Å²) in [5, 5.41) is 5.91. The van der Waals surface area contributed by atoms with E-state index in [-0.39, 0.29) is 24.4 Å². The maximum atomic E-state index is 13.2. The van der Waals surface area contributed by atoms with E-state index in [2.05, 4.69) is 10.6 Å². The molecule has 1 aromatic carbocycles. The molecular formula is C18H30ClN3O3S. The second-order valence-corrected chi connectivity index (χ2v) is 8.76. The average molecular weight is 404 g/mol. The largest absolute Gasteiger partial charge is 0.353 e. The molecule has 1 saturated heterocycles. The number of hydrogen-bond donors (Lipinski definition) is 2. The molecular weight excluding hydrogens is 374 g/mol. The summed E-state index contributed by atoms with van der Waals surface area (Å²) in [4.78, 5) is 12.9. The Morgan fingerprint density at radius 1 is 1.27 bits per heavy atom. The van der Waals surface area contributed by atoms with Crippen molar-refractivity contribution in [1.29, 1.82) is 0 Å². The predicted molar refractivity (Wildman–Crippen MR) is 106 cm³/mol. The SMILES string of the molecule is CNC(C)CNC(=O)C1CCCN1S(=O)(=O)c1c(C)cc(C)cc1C.Cl. The van der Waals surface area contributed by atoms with Crippen LogP contribution in [0.25, 0.3) is 0 Å². The molecule has 0 radical (unpaired) electrons. The van der Waals surface area contributed by atoms with E-state index in [9.17, 15) is 13.2 Å². The molecule has 1 heterocycles. The number of sulfonamides is 1. The van der Waals surface area contributed by atoms with Gasteiger partial charge in [0.05, 0.1) is 4.90 Å². The van der Waals surface area contributed by atoms with Gasteiger partial charge in [-0.05, 0) is 58.7 Å². The highest BCUT2D eigenvalue weighted by molar-refractivity contribution is 7.89. The maximum Gasteiger partial charge on any atom is 0.244 e. The van der Waals surface area contributed by atoms with Crippen molar-refractivity contribution in [3.8, 4) is 0 Å². The lowest BCUT2D eigenvalue weighted by atomic mass is 10.1. The van der Waals surface area contributed by atoms with Crippen LogP contribution in [0.1, 0.15) is 36.5 Å². The quantitative estimate of drug-likeness (QED) is 0.760. The number of benzene rings is 1. The average Bonchev–Trinajstić information content (AvgIpc) is 3.01. The van der Waals surface area contributed by atoms with Crippen LogP contribution in [-0.2, 0) is 14.8 Å². The van der Waals surface area contributed by atoms with Crippen molar-refractivity contribution in [2.45, 2.75) is 57.5 Å². The summed E-state index contributed by atoms with van der Waals surface area (Å²) in [5.41, 5.74) is 2.49. The van der Waals surface area contributed by atoms with Crippen molar-refractivity contribution < 1.29 is 13.2 Å². The molecule has 6 nitrogen and oxygen atoms in total. The topological polar surface area (TPSA) is 78.5 Å².